The van der Waals surface area contributed by atoms with Gasteiger partial charge in [0.25, 0.3) is 5.56 Å². The molecule has 1 aromatic heterocycles. The highest BCUT2D eigenvalue weighted by Gasteiger charge is 2.28. The van der Waals surface area contributed by atoms with Crippen LogP contribution in [-0.4, -0.2) is 10.7 Å². The summed E-state index contributed by atoms with van der Waals surface area (Å²) in [6.45, 7) is -1.37. The Kier molecular flexibility index (Phi) is 2.60. The molecule has 0 atom stereocenters. The Balaban J connectivity index is 3.09. The minimum atomic E-state index is -4.46. The molecule has 6 heteroatoms. The number of aromatic nitrogens is 1. The summed E-state index contributed by atoms with van der Waals surface area (Å²) in [6.07, 6.45) is -3.58. The van der Waals surface area contributed by atoms with Gasteiger partial charge in [0.05, 0.1) is 5.56 Å². The molecule has 0 N–H and O–H groups in total. The van der Waals surface area contributed by atoms with Gasteiger partial charge < -0.3 is 4.57 Å². The Hall–Kier alpha value is -1.77. The molecule has 0 radical (unpaired) electrons. The fraction of sp³-hybridized carbons (Fsp3) is 0.250. The van der Waals surface area contributed by atoms with Gasteiger partial charge in [0.15, 0.2) is 0 Å². The van der Waals surface area contributed by atoms with E-state index < -0.39 is 18.3 Å². The van der Waals surface area contributed by atoms with E-state index in [9.17, 15) is 18.0 Å². The third kappa shape index (κ3) is 2.62. The molecule has 0 saturated heterocycles. The minimum absolute atomic E-state index is 0.0221. The van der Waals surface area contributed by atoms with Crippen LogP contribution in [0.5, 0.6) is 0 Å². The lowest BCUT2D eigenvalue weighted by atomic mass is 10.3. The standard InChI is InChI=1S/C8H5F3N2O/c9-8(10,11)5-13-4-6(3-12)1-2-7(13)14/h1-2,4H,5H2. The monoisotopic (exact) mass is 202 g/mol. The van der Waals surface area contributed by atoms with Crippen molar-refractivity contribution in [3.8, 4) is 6.07 Å². The third-order valence-electron chi connectivity index (χ3n) is 1.46. The quantitative estimate of drug-likeness (QED) is 0.688. The molecule has 1 heterocycles. The van der Waals surface area contributed by atoms with Crippen molar-refractivity contribution < 1.29 is 13.2 Å². The van der Waals surface area contributed by atoms with Crippen LogP contribution in [0.25, 0.3) is 0 Å². The number of halogens is 3. The summed E-state index contributed by atoms with van der Waals surface area (Å²) in [5, 5.41) is 8.40. The lowest BCUT2D eigenvalue weighted by Gasteiger charge is -2.08. The first-order valence-corrected chi connectivity index (χ1v) is 3.60. The summed E-state index contributed by atoms with van der Waals surface area (Å²) in [5.41, 5.74) is -0.754. The van der Waals surface area contributed by atoms with Gasteiger partial charge in [0.1, 0.15) is 12.6 Å². The molecule has 74 valence electrons. The van der Waals surface area contributed by atoms with Crippen LogP contribution in [0.1, 0.15) is 5.56 Å². The second kappa shape index (κ2) is 3.54. The summed E-state index contributed by atoms with van der Waals surface area (Å²) in [6, 6.07) is 3.76. The van der Waals surface area contributed by atoms with Crippen LogP contribution >= 0.6 is 0 Å². The Labute approximate surface area is 77.0 Å². The Morgan fingerprint density at radius 3 is 2.57 bits per heavy atom. The zero-order valence-corrected chi connectivity index (χ0v) is 6.88. The zero-order valence-electron chi connectivity index (χ0n) is 6.88. The fourth-order valence-electron chi connectivity index (χ4n) is 0.914. The van der Waals surface area contributed by atoms with Crippen LogP contribution in [0.4, 0.5) is 13.2 Å². The Bertz CT molecular complexity index is 427. The average molecular weight is 202 g/mol. The van der Waals surface area contributed by atoms with E-state index in [1.807, 2.05) is 0 Å². The van der Waals surface area contributed by atoms with Crippen LogP contribution in [0.15, 0.2) is 23.1 Å². The first-order valence-electron chi connectivity index (χ1n) is 3.60. The van der Waals surface area contributed by atoms with Gasteiger partial charge in [-0.15, -0.1) is 0 Å². The molecule has 0 aliphatic heterocycles. The number of rotatable bonds is 1. The van der Waals surface area contributed by atoms with E-state index in [-0.39, 0.29) is 5.56 Å². The molecule has 1 rings (SSSR count). The number of hydrogen-bond donors (Lipinski definition) is 0. The lowest BCUT2D eigenvalue weighted by molar-refractivity contribution is -0.141. The largest absolute Gasteiger partial charge is 0.406 e. The van der Waals surface area contributed by atoms with E-state index in [0.717, 1.165) is 12.3 Å². The highest BCUT2D eigenvalue weighted by atomic mass is 19.4. The highest BCUT2D eigenvalue weighted by molar-refractivity contribution is 5.24. The van der Waals surface area contributed by atoms with Gasteiger partial charge in [0.2, 0.25) is 0 Å². The van der Waals surface area contributed by atoms with E-state index in [4.69, 9.17) is 5.26 Å². The molecular weight excluding hydrogens is 197 g/mol. The number of pyridine rings is 1. The van der Waals surface area contributed by atoms with Gasteiger partial charge in [-0.05, 0) is 6.07 Å². The van der Waals surface area contributed by atoms with Gasteiger partial charge in [-0.3, -0.25) is 4.79 Å². The summed E-state index contributed by atoms with van der Waals surface area (Å²) >= 11 is 0. The molecule has 14 heavy (non-hydrogen) atoms. The van der Waals surface area contributed by atoms with Gasteiger partial charge in [0, 0.05) is 12.3 Å². The molecule has 0 aliphatic rings. The summed E-state index contributed by atoms with van der Waals surface area (Å²) < 4.78 is 36.2. The van der Waals surface area contributed by atoms with E-state index >= 15 is 0 Å². The van der Waals surface area contributed by atoms with Gasteiger partial charge in [-0.1, -0.05) is 0 Å². The highest BCUT2D eigenvalue weighted by Crippen LogP contribution is 2.16. The Morgan fingerprint density at radius 1 is 1.43 bits per heavy atom. The minimum Gasteiger partial charge on any atom is -0.305 e. The molecule has 0 aromatic carbocycles. The van der Waals surface area contributed by atoms with Gasteiger partial charge >= 0.3 is 6.18 Å². The van der Waals surface area contributed by atoms with Crippen molar-refractivity contribution >= 4 is 0 Å². The van der Waals surface area contributed by atoms with Crippen molar-refractivity contribution in [1.82, 2.24) is 4.57 Å². The molecule has 0 saturated carbocycles. The van der Waals surface area contributed by atoms with Crippen LogP contribution in [0.3, 0.4) is 0 Å². The second-order valence-corrected chi connectivity index (χ2v) is 2.61. The van der Waals surface area contributed by atoms with Crippen molar-refractivity contribution in [3.63, 3.8) is 0 Å². The van der Waals surface area contributed by atoms with Crippen LogP contribution in [0, 0.1) is 11.3 Å². The van der Waals surface area contributed by atoms with E-state index in [1.54, 1.807) is 6.07 Å². The first kappa shape index (κ1) is 10.3. The molecule has 0 amide bonds. The van der Waals surface area contributed by atoms with E-state index in [2.05, 4.69) is 0 Å². The number of nitriles is 1. The molecule has 3 nitrogen and oxygen atoms in total. The van der Waals surface area contributed by atoms with E-state index in [1.165, 1.54) is 6.07 Å². The van der Waals surface area contributed by atoms with Crippen molar-refractivity contribution in [2.75, 3.05) is 0 Å². The smallest absolute Gasteiger partial charge is 0.305 e. The normalized spacial score (nSPS) is 11.0. The fourth-order valence-corrected chi connectivity index (χ4v) is 0.914. The van der Waals surface area contributed by atoms with Crippen LogP contribution < -0.4 is 5.56 Å². The van der Waals surface area contributed by atoms with Crippen molar-refractivity contribution in [2.45, 2.75) is 12.7 Å². The van der Waals surface area contributed by atoms with Crippen molar-refractivity contribution in [1.29, 1.82) is 5.26 Å². The number of alkyl halides is 3. The molecule has 0 unspecified atom stereocenters. The maximum atomic E-state index is 11.9. The van der Waals surface area contributed by atoms with Crippen molar-refractivity contribution in [2.24, 2.45) is 0 Å². The molecular formula is C8H5F3N2O. The summed E-state index contributed by atoms with van der Waals surface area (Å²) in [7, 11) is 0. The number of nitrogens with zero attached hydrogens (tertiary/aromatic N) is 2. The van der Waals surface area contributed by atoms with Crippen molar-refractivity contribution in [3.05, 3.63) is 34.2 Å². The maximum absolute atomic E-state index is 11.9. The average Bonchev–Trinajstić information content (AvgIpc) is 2.06. The second-order valence-electron chi connectivity index (χ2n) is 2.61. The summed E-state index contributed by atoms with van der Waals surface area (Å²) in [4.78, 5) is 10.9. The first-order chi connectivity index (χ1) is 6.42. The van der Waals surface area contributed by atoms with Crippen LogP contribution in [0.2, 0.25) is 0 Å². The predicted octanol–water partition coefficient (Wildman–Crippen LogP) is 1.28. The zero-order chi connectivity index (χ0) is 10.8. The lowest BCUT2D eigenvalue weighted by Crippen LogP contribution is -2.27. The molecule has 0 fully saturated rings. The molecule has 0 aliphatic carbocycles. The van der Waals surface area contributed by atoms with Gasteiger partial charge in [-0.2, -0.15) is 18.4 Å². The molecule has 0 spiro atoms. The SMILES string of the molecule is N#Cc1ccc(=O)n(CC(F)(F)F)c1. The molecule has 1 aromatic rings. The topological polar surface area (TPSA) is 45.8 Å². The summed E-state index contributed by atoms with van der Waals surface area (Å²) in [5.74, 6) is 0. The maximum Gasteiger partial charge on any atom is 0.406 e. The van der Waals surface area contributed by atoms with E-state index in [0.29, 0.717) is 4.57 Å². The predicted molar refractivity (Wildman–Crippen MR) is 41.5 cm³/mol. The van der Waals surface area contributed by atoms with Gasteiger partial charge in [-0.25, -0.2) is 0 Å². The third-order valence-corrected chi connectivity index (χ3v) is 1.46. The Morgan fingerprint density at radius 2 is 2.07 bits per heavy atom. The number of hydrogen-bond acceptors (Lipinski definition) is 2. The molecule has 0 bridgehead atoms. The van der Waals surface area contributed by atoms with Crippen LogP contribution in [-0.2, 0) is 6.54 Å².